The third-order valence-corrected chi connectivity index (χ3v) is 5.36. The highest BCUT2D eigenvalue weighted by molar-refractivity contribution is 7.89. The van der Waals surface area contributed by atoms with E-state index in [9.17, 15) is 13.2 Å². The summed E-state index contributed by atoms with van der Waals surface area (Å²) in [4.78, 5) is 13.4. The second-order valence-electron chi connectivity index (χ2n) is 5.45. The Kier molecular flexibility index (Phi) is 4.65. The lowest BCUT2D eigenvalue weighted by atomic mass is 10.1. The van der Waals surface area contributed by atoms with E-state index < -0.39 is 15.9 Å². The van der Waals surface area contributed by atoms with Gasteiger partial charge in [0.1, 0.15) is 0 Å². The normalized spacial score (nSPS) is 23.3. The summed E-state index contributed by atoms with van der Waals surface area (Å²) in [6.45, 7) is 6.57. The van der Waals surface area contributed by atoms with Crippen LogP contribution in [0.2, 0.25) is 0 Å². The van der Waals surface area contributed by atoms with Gasteiger partial charge in [0.05, 0.1) is 4.90 Å². The topological polar surface area (TPSA) is 92.5 Å². The molecule has 0 aliphatic carbocycles. The summed E-state index contributed by atoms with van der Waals surface area (Å²) < 4.78 is 27.6. The smallest absolute Gasteiger partial charge is 0.248 e. The maximum atomic E-state index is 12.4. The number of amides is 1. The molecule has 116 valence electrons. The predicted molar refractivity (Wildman–Crippen MR) is 80.3 cm³/mol. The second-order valence-corrected chi connectivity index (χ2v) is 7.16. The minimum absolute atomic E-state index is 0.0703. The van der Waals surface area contributed by atoms with Gasteiger partial charge in [0.2, 0.25) is 15.9 Å². The molecule has 1 heterocycles. The van der Waals surface area contributed by atoms with Crippen LogP contribution >= 0.6 is 0 Å². The van der Waals surface area contributed by atoms with Crippen LogP contribution in [-0.2, 0) is 10.0 Å². The summed E-state index contributed by atoms with van der Waals surface area (Å²) in [6.07, 6.45) is 0. The van der Waals surface area contributed by atoms with Gasteiger partial charge in [-0.3, -0.25) is 4.79 Å². The van der Waals surface area contributed by atoms with Crippen molar-refractivity contribution in [3.63, 3.8) is 0 Å². The second kappa shape index (κ2) is 6.13. The van der Waals surface area contributed by atoms with Gasteiger partial charge in [0.25, 0.3) is 0 Å². The van der Waals surface area contributed by atoms with Crippen LogP contribution in [0.15, 0.2) is 29.2 Å². The zero-order valence-electron chi connectivity index (χ0n) is 12.2. The molecule has 0 saturated carbocycles. The van der Waals surface area contributed by atoms with Gasteiger partial charge in [0.15, 0.2) is 0 Å². The van der Waals surface area contributed by atoms with Crippen LogP contribution in [0.3, 0.4) is 0 Å². The van der Waals surface area contributed by atoms with Crippen molar-refractivity contribution in [1.82, 2.24) is 9.62 Å². The van der Waals surface area contributed by atoms with Crippen LogP contribution in [-0.4, -0.2) is 44.9 Å². The van der Waals surface area contributed by atoms with Crippen molar-refractivity contribution < 1.29 is 13.2 Å². The number of nitrogens with one attached hydrogen (secondary N) is 1. The summed E-state index contributed by atoms with van der Waals surface area (Å²) in [5, 5.41) is 0. The van der Waals surface area contributed by atoms with E-state index in [1.807, 2.05) is 6.92 Å². The number of hydrogen-bond acceptors (Lipinski definition) is 4. The molecule has 0 unspecified atom stereocenters. The molecule has 7 heteroatoms. The van der Waals surface area contributed by atoms with Crippen molar-refractivity contribution in [2.24, 2.45) is 11.7 Å². The zero-order chi connectivity index (χ0) is 15.6. The van der Waals surface area contributed by atoms with Crippen molar-refractivity contribution in [3.05, 3.63) is 29.8 Å². The van der Waals surface area contributed by atoms with E-state index in [4.69, 9.17) is 5.73 Å². The Hall–Kier alpha value is -1.44. The number of likely N-dealkylation sites (tertiary alicyclic amines) is 1. The summed E-state index contributed by atoms with van der Waals surface area (Å²) in [5.41, 5.74) is 5.37. The lowest BCUT2D eigenvalue weighted by Crippen LogP contribution is -2.39. The summed E-state index contributed by atoms with van der Waals surface area (Å²) in [7, 11) is -3.65. The van der Waals surface area contributed by atoms with Crippen LogP contribution in [0.25, 0.3) is 0 Å². The van der Waals surface area contributed by atoms with Gasteiger partial charge < -0.3 is 10.6 Å². The first-order valence-corrected chi connectivity index (χ1v) is 8.46. The molecule has 1 aromatic carbocycles. The van der Waals surface area contributed by atoms with E-state index >= 15 is 0 Å². The van der Waals surface area contributed by atoms with Crippen molar-refractivity contribution in [1.29, 1.82) is 0 Å². The lowest BCUT2D eigenvalue weighted by Gasteiger charge is -2.17. The highest BCUT2D eigenvalue weighted by Crippen LogP contribution is 2.19. The molecule has 0 radical (unpaired) electrons. The van der Waals surface area contributed by atoms with Crippen LogP contribution in [0.1, 0.15) is 24.2 Å². The Labute approximate surface area is 125 Å². The van der Waals surface area contributed by atoms with Crippen LogP contribution in [0.4, 0.5) is 0 Å². The lowest BCUT2D eigenvalue weighted by molar-refractivity contribution is 0.1000. The number of carbonyl (C=O) groups is 1. The molecule has 1 aliphatic rings. The molecule has 21 heavy (non-hydrogen) atoms. The Morgan fingerprint density at radius 1 is 1.43 bits per heavy atom. The number of primary amides is 1. The summed E-state index contributed by atoms with van der Waals surface area (Å²) >= 11 is 0. The van der Waals surface area contributed by atoms with Crippen molar-refractivity contribution in [2.45, 2.75) is 24.8 Å². The maximum absolute atomic E-state index is 12.4. The number of nitrogens with two attached hydrogens (primary N) is 1. The number of rotatable bonds is 5. The SMILES string of the molecule is CCN1C[C@@H](C)[C@@H](NS(=O)(=O)c2cccc(C(N)=O)c2)C1. The molecule has 3 N–H and O–H groups in total. The van der Waals surface area contributed by atoms with Gasteiger partial charge >= 0.3 is 0 Å². The van der Waals surface area contributed by atoms with E-state index in [0.717, 1.165) is 13.1 Å². The Balaban J connectivity index is 2.19. The summed E-state index contributed by atoms with van der Waals surface area (Å²) in [6, 6.07) is 5.67. The molecule has 1 fully saturated rings. The quantitative estimate of drug-likeness (QED) is 0.823. The number of hydrogen-bond donors (Lipinski definition) is 2. The molecule has 2 rings (SSSR count). The van der Waals surface area contributed by atoms with E-state index in [1.165, 1.54) is 24.3 Å². The molecule has 0 aromatic heterocycles. The van der Waals surface area contributed by atoms with E-state index in [-0.39, 0.29) is 22.4 Å². The fourth-order valence-electron chi connectivity index (χ4n) is 2.56. The fraction of sp³-hybridized carbons (Fsp3) is 0.500. The number of nitrogens with zero attached hydrogens (tertiary/aromatic N) is 1. The number of sulfonamides is 1. The Bertz CT molecular complexity index is 630. The predicted octanol–water partition coefficient (Wildman–Crippen LogP) is 0.404. The molecule has 0 bridgehead atoms. The first-order chi connectivity index (χ1) is 9.83. The van der Waals surface area contributed by atoms with Crippen LogP contribution < -0.4 is 10.5 Å². The monoisotopic (exact) mass is 311 g/mol. The van der Waals surface area contributed by atoms with Gasteiger partial charge in [-0.1, -0.05) is 19.9 Å². The molecule has 0 spiro atoms. The minimum Gasteiger partial charge on any atom is -0.366 e. The van der Waals surface area contributed by atoms with Crippen LogP contribution in [0, 0.1) is 5.92 Å². The third kappa shape index (κ3) is 3.61. The number of benzene rings is 1. The number of likely N-dealkylation sites (N-methyl/N-ethyl adjacent to an activating group) is 1. The zero-order valence-corrected chi connectivity index (χ0v) is 13.1. The molecule has 1 saturated heterocycles. The first kappa shape index (κ1) is 15.9. The molecule has 1 amide bonds. The van der Waals surface area contributed by atoms with Crippen molar-refractivity contribution in [2.75, 3.05) is 19.6 Å². The maximum Gasteiger partial charge on any atom is 0.248 e. The molecule has 2 atom stereocenters. The average molecular weight is 311 g/mol. The van der Waals surface area contributed by atoms with Crippen molar-refractivity contribution in [3.8, 4) is 0 Å². The van der Waals surface area contributed by atoms with E-state index in [0.29, 0.717) is 6.54 Å². The molecule has 1 aromatic rings. The van der Waals surface area contributed by atoms with Crippen molar-refractivity contribution >= 4 is 15.9 Å². The standard InChI is InChI=1S/C14H21N3O3S/c1-3-17-8-10(2)13(9-17)16-21(19,20)12-6-4-5-11(7-12)14(15)18/h4-7,10,13,16H,3,8-9H2,1-2H3,(H2,15,18)/t10-,13+/m1/s1. The number of carbonyl (C=O) groups excluding carboxylic acids is 1. The first-order valence-electron chi connectivity index (χ1n) is 6.98. The van der Waals surface area contributed by atoms with E-state index in [1.54, 1.807) is 0 Å². The molecule has 1 aliphatic heterocycles. The molecular formula is C14H21N3O3S. The third-order valence-electron chi connectivity index (χ3n) is 3.87. The minimum atomic E-state index is -3.65. The Morgan fingerprint density at radius 3 is 2.71 bits per heavy atom. The van der Waals surface area contributed by atoms with Gasteiger partial charge in [-0.25, -0.2) is 13.1 Å². The van der Waals surface area contributed by atoms with Gasteiger partial charge in [-0.2, -0.15) is 0 Å². The average Bonchev–Trinajstić information content (AvgIpc) is 2.79. The van der Waals surface area contributed by atoms with Crippen LogP contribution in [0.5, 0.6) is 0 Å². The highest BCUT2D eigenvalue weighted by Gasteiger charge is 2.32. The molecular weight excluding hydrogens is 290 g/mol. The van der Waals surface area contributed by atoms with Gasteiger partial charge in [-0.15, -0.1) is 0 Å². The largest absolute Gasteiger partial charge is 0.366 e. The highest BCUT2D eigenvalue weighted by atomic mass is 32.2. The Morgan fingerprint density at radius 2 is 2.14 bits per heavy atom. The fourth-order valence-corrected chi connectivity index (χ4v) is 3.94. The van der Waals surface area contributed by atoms with E-state index in [2.05, 4.69) is 16.5 Å². The van der Waals surface area contributed by atoms with Gasteiger partial charge in [-0.05, 0) is 30.7 Å². The molecule has 6 nitrogen and oxygen atoms in total. The summed E-state index contributed by atoms with van der Waals surface area (Å²) in [5.74, 6) is -0.391. The van der Waals surface area contributed by atoms with Gasteiger partial charge in [0, 0.05) is 24.7 Å².